The van der Waals surface area contributed by atoms with E-state index >= 15 is 0 Å². The van der Waals surface area contributed by atoms with Crippen LogP contribution >= 0.6 is 0 Å². The summed E-state index contributed by atoms with van der Waals surface area (Å²) in [6.45, 7) is 0. The Morgan fingerprint density at radius 1 is 0.619 bits per heavy atom. The monoisotopic (exact) mass is 275 g/mol. The maximum Gasteiger partial charge on any atom is 0.139 e. The number of halogens is 1. The van der Waals surface area contributed by atoms with E-state index in [0.29, 0.717) is 0 Å². The van der Waals surface area contributed by atoms with E-state index in [0.717, 1.165) is 17.1 Å². The van der Waals surface area contributed by atoms with E-state index in [-0.39, 0.29) is 5.82 Å². The van der Waals surface area contributed by atoms with Crippen LogP contribution in [0.2, 0.25) is 0 Å². The molecule has 0 N–H and O–H groups in total. The van der Waals surface area contributed by atoms with Gasteiger partial charge in [0.25, 0.3) is 0 Å². The summed E-state index contributed by atoms with van der Waals surface area (Å²) in [6.07, 6.45) is 0. The van der Waals surface area contributed by atoms with Gasteiger partial charge in [0.2, 0.25) is 0 Å². The smallest absolute Gasteiger partial charge is 0.139 e. The molecule has 0 saturated heterocycles. The number of nitrogens with zero attached hydrogens (tertiary/aromatic N) is 1. The Hall–Kier alpha value is -2.55. The van der Waals surface area contributed by atoms with Gasteiger partial charge in [-0.25, -0.2) is 4.39 Å². The molecule has 0 fully saturated rings. The molecule has 0 unspecified atom stereocenters. The normalized spacial score (nSPS) is 10.3. The molecule has 3 heteroatoms. The van der Waals surface area contributed by atoms with E-state index in [1.54, 1.807) is 12.1 Å². The molecule has 0 aliphatic heterocycles. The van der Waals surface area contributed by atoms with Crippen molar-refractivity contribution in [2.45, 2.75) is 0 Å². The molecule has 0 spiro atoms. The highest BCUT2D eigenvalue weighted by Crippen LogP contribution is 2.33. The van der Waals surface area contributed by atoms with Gasteiger partial charge < -0.3 is 4.90 Å². The van der Waals surface area contributed by atoms with Crippen LogP contribution in [0.3, 0.4) is 0 Å². The van der Waals surface area contributed by atoms with Crippen molar-refractivity contribution in [1.82, 2.24) is 0 Å². The third-order valence-electron chi connectivity index (χ3n) is 3.39. The maximum atomic E-state index is 13.2. The predicted octanol–water partition coefficient (Wildman–Crippen LogP) is 3.55. The minimum Gasteiger partial charge on any atom is -0.311 e. The number of hydrogen-bond acceptors (Lipinski definition) is 1. The Morgan fingerprint density at radius 3 is 1.67 bits per heavy atom. The van der Waals surface area contributed by atoms with Crippen molar-refractivity contribution < 1.29 is 4.39 Å². The minimum atomic E-state index is -0.226. The number of benzene rings is 3. The molecule has 3 rings (SSSR count). The molecular weight excluding hydrogens is 260 g/mol. The summed E-state index contributed by atoms with van der Waals surface area (Å²) in [5.41, 5.74) is 4.25. The van der Waals surface area contributed by atoms with Gasteiger partial charge in [0, 0.05) is 17.1 Å². The SMILES string of the molecule is Bc1ccc(N(c2ccccc2)c2ccc(F)cc2)cc1. The topological polar surface area (TPSA) is 3.24 Å². The third kappa shape index (κ3) is 2.97. The van der Waals surface area contributed by atoms with Crippen LogP contribution < -0.4 is 10.4 Å². The van der Waals surface area contributed by atoms with Crippen molar-refractivity contribution in [3.8, 4) is 0 Å². The van der Waals surface area contributed by atoms with E-state index in [2.05, 4.69) is 37.0 Å². The van der Waals surface area contributed by atoms with Crippen LogP contribution in [0.15, 0.2) is 78.9 Å². The molecule has 3 aromatic rings. The van der Waals surface area contributed by atoms with Crippen LogP contribution in [-0.2, 0) is 0 Å². The molecule has 0 bridgehead atoms. The summed E-state index contributed by atoms with van der Waals surface area (Å²) in [6, 6.07) is 24.9. The van der Waals surface area contributed by atoms with E-state index in [1.807, 2.05) is 30.3 Å². The van der Waals surface area contributed by atoms with Crippen molar-refractivity contribution in [3.05, 3.63) is 84.7 Å². The number of anilines is 3. The lowest BCUT2D eigenvalue weighted by Crippen LogP contribution is -2.11. The molecule has 0 heterocycles. The first-order chi connectivity index (χ1) is 10.2. The second-order valence-corrected chi connectivity index (χ2v) is 4.98. The van der Waals surface area contributed by atoms with Crippen molar-refractivity contribution in [2.75, 3.05) is 4.90 Å². The summed E-state index contributed by atoms with van der Waals surface area (Å²) in [5, 5.41) is 0. The molecule has 0 aromatic heterocycles. The van der Waals surface area contributed by atoms with Crippen molar-refractivity contribution in [3.63, 3.8) is 0 Å². The molecule has 1 nitrogen and oxygen atoms in total. The van der Waals surface area contributed by atoms with Gasteiger partial charge in [-0.1, -0.05) is 35.8 Å². The third-order valence-corrected chi connectivity index (χ3v) is 3.39. The van der Waals surface area contributed by atoms with Gasteiger partial charge in [-0.05, 0) is 48.5 Å². The summed E-state index contributed by atoms with van der Waals surface area (Å²) in [4.78, 5) is 2.11. The van der Waals surface area contributed by atoms with Crippen LogP contribution in [0.4, 0.5) is 21.5 Å². The molecule has 0 saturated carbocycles. The second-order valence-electron chi connectivity index (χ2n) is 4.98. The molecule has 0 amide bonds. The van der Waals surface area contributed by atoms with Crippen LogP contribution in [0.1, 0.15) is 0 Å². The first-order valence-electron chi connectivity index (χ1n) is 6.91. The summed E-state index contributed by atoms with van der Waals surface area (Å²) >= 11 is 0. The quantitative estimate of drug-likeness (QED) is 0.661. The summed E-state index contributed by atoms with van der Waals surface area (Å²) < 4.78 is 13.2. The molecular formula is C18H15BFN. The Labute approximate surface area is 125 Å². The zero-order valence-electron chi connectivity index (χ0n) is 11.8. The van der Waals surface area contributed by atoms with E-state index in [1.165, 1.54) is 17.6 Å². The lowest BCUT2D eigenvalue weighted by Gasteiger charge is -2.25. The van der Waals surface area contributed by atoms with Crippen LogP contribution in [0.5, 0.6) is 0 Å². The predicted molar refractivity (Wildman–Crippen MR) is 89.3 cm³/mol. The Bertz CT molecular complexity index is 663. The van der Waals surface area contributed by atoms with E-state index < -0.39 is 0 Å². The zero-order chi connectivity index (χ0) is 14.7. The van der Waals surface area contributed by atoms with Gasteiger partial charge in [-0.3, -0.25) is 0 Å². The Morgan fingerprint density at radius 2 is 1.10 bits per heavy atom. The van der Waals surface area contributed by atoms with Crippen molar-refractivity contribution in [1.29, 1.82) is 0 Å². The Balaban J connectivity index is 2.11. The van der Waals surface area contributed by atoms with Gasteiger partial charge in [-0.2, -0.15) is 0 Å². The van der Waals surface area contributed by atoms with Gasteiger partial charge in [0.05, 0.1) is 0 Å². The largest absolute Gasteiger partial charge is 0.311 e. The standard InChI is InChI=1S/C18H15BFN/c19-14-6-10-17(11-7-14)21(16-4-2-1-3-5-16)18-12-8-15(20)9-13-18/h1-13H,19H2. The molecule has 3 aromatic carbocycles. The average molecular weight is 275 g/mol. The first kappa shape index (κ1) is 13.4. The molecule has 21 heavy (non-hydrogen) atoms. The van der Waals surface area contributed by atoms with E-state index in [4.69, 9.17) is 0 Å². The molecule has 102 valence electrons. The highest BCUT2D eigenvalue weighted by molar-refractivity contribution is 6.32. The average Bonchev–Trinajstić information content (AvgIpc) is 2.52. The lowest BCUT2D eigenvalue weighted by atomic mass is 9.96. The van der Waals surface area contributed by atoms with Crippen LogP contribution in [0, 0.1) is 5.82 Å². The van der Waals surface area contributed by atoms with Gasteiger partial charge >= 0.3 is 0 Å². The minimum absolute atomic E-state index is 0.226. The fraction of sp³-hybridized carbons (Fsp3) is 0. The van der Waals surface area contributed by atoms with Crippen LogP contribution in [-0.4, -0.2) is 7.85 Å². The molecule has 0 radical (unpaired) electrons. The Kier molecular flexibility index (Phi) is 3.74. The first-order valence-corrected chi connectivity index (χ1v) is 6.91. The summed E-state index contributed by atoms with van der Waals surface area (Å²) in [7, 11) is 2.06. The van der Waals surface area contributed by atoms with Gasteiger partial charge in [0.15, 0.2) is 0 Å². The maximum absolute atomic E-state index is 13.2. The zero-order valence-corrected chi connectivity index (χ0v) is 11.8. The number of para-hydroxylation sites is 1. The van der Waals surface area contributed by atoms with Crippen LogP contribution in [0.25, 0.3) is 0 Å². The van der Waals surface area contributed by atoms with Crippen molar-refractivity contribution in [2.24, 2.45) is 0 Å². The molecule has 0 atom stereocenters. The van der Waals surface area contributed by atoms with Crippen molar-refractivity contribution >= 4 is 30.4 Å². The lowest BCUT2D eigenvalue weighted by molar-refractivity contribution is 0.628. The highest BCUT2D eigenvalue weighted by Gasteiger charge is 2.11. The van der Waals surface area contributed by atoms with Gasteiger partial charge in [-0.15, -0.1) is 0 Å². The number of rotatable bonds is 3. The van der Waals surface area contributed by atoms with Gasteiger partial charge in [0.1, 0.15) is 13.7 Å². The summed E-state index contributed by atoms with van der Waals surface area (Å²) in [5.74, 6) is -0.226. The number of hydrogen-bond donors (Lipinski definition) is 0. The fourth-order valence-corrected chi connectivity index (χ4v) is 2.31. The second kappa shape index (κ2) is 5.84. The molecule has 0 aliphatic carbocycles. The van der Waals surface area contributed by atoms with E-state index in [9.17, 15) is 4.39 Å². The fourth-order valence-electron chi connectivity index (χ4n) is 2.31. The molecule has 0 aliphatic rings. The highest BCUT2D eigenvalue weighted by atomic mass is 19.1.